The van der Waals surface area contributed by atoms with Gasteiger partial charge in [0.15, 0.2) is 0 Å². The van der Waals surface area contributed by atoms with Crippen LogP contribution in [0.3, 0.4) is 0 Å². The molecule has 0 fully saturated rings. The Balaban J connectivity index is 1.82. The first-order valence-corrected chi connectivity index (χ1v) is 10.9. The SMILES string of the molecule is C=Cc1c2ccccc2c(N2c3ccccc3Sc3ccccc32)c2ccccc12. The second kappa shape index (κ2) is 6.79. The molecule has 5 aromatic rings. The van der Waals surface area contributed by atoms with E-state index in [9.17, 15) is 0 Å². The summed E-state index contributed by atoms with van der Waals surface area (Å²) in [6.07, 6.45) is 1.99. The largest absolute Gasteiger partial charge is 0.307 e. The van der Waals surface area contributed by atoms with Gasteiger partial charge in [0.25, 0.3) is 0 Å². The molecular weight excluding hydrogens is 382 g/mol. The Morgan fingerprint density at radius 2 is 1.00 bits per heavy atom. The number of para-hydroxylation sites is 2. The van der Waals surface area contributed by atoms with E-state index in [-0.39, 0.29) is 0 Å². The highest BCUT2D eigenvalue weighted by atomic mass is 32.2. The Labute approximate surface area is 180 Å². The van der Waals surface area contributed by atoms with E-state index in [1.54, 1.807) is 0 Å². The van der Waals surface area contributed by atoms with Crippen molar-refractivity contribution in [2.24, 2.45) is 0 Å². The molecule has 30 heavy (non-hydrogen) atoms. The summed E-state index contributed by atoms with van der Waals surface area (Å²) in [4.78, 5) is 4.99. The highest BCUT2D eigenvalue weighted by Crippen LogP contribution is 2.54. The average Bonchev–Trinajstić information content (AvgIpc) is 2.81. The molecule has 5 aromatic carbocycles. The maximum absolute atomic E-state index is 4.13. The van der Waals surface area contributed by atoms with E-state index in [2.05, 4.69) is 109 Å². The summed E-state index contributed by atoms with van der Waals surface area (Å²) in [6.45, 7) is 4.13. The lowest BCUT2D eigenvalue weighted by Crippen LogP contribution is -2.15. The molecule has 0 aliphatic carbocycles. The van der Waals surface area contributed by atoms with E-state index >= 15 is 0 Å². The zero-order valence-corrected chi connectivity index (χ0v) is 17.2. The smallest absolute Gasteiger partial charge is 0.0619 e. The first kappa shape index (κ1) is 17.4. The molecule has 0 amide bonds. The predicted octanol–water partition coefficient (Wildman–Crippen LogP) is 8.57. The Hall–Kier alpha value is -3.49. The molecule has 1 nitrogen and oxygen atoms in total. The zero-order chi connectivity index (χ0) is 20.1. The molecule has 0 aromatic heterocycles. The minimum absolute atomic E-state index is 1.19. The summed E-state index contributed by atoms with van der Waals surface area (Å²) < 4.78 is 0. The summed E-state index contributed by atoms with van der Waals surface area (Å²) in [6, 6.07) is 34.7. The molecule has 0 atom stereocenters. The highest BCUT2D eigenvalue weighted by Gasteiger charge is 2.27. The van der Waals surface area contributed by atoms with Gasteiger partial charge >= 0.3 is 0 Å². The monoisotopic (exact) mass is 401 g/mol. The van der Waals surface area contributed by atoms with Crippen molar-refractivity contribution in [2.75, 3.05) is 4.90 Å². The fourth-order valence-electron chi connectivity index (χ4n) is 4.55. The van der Waals surface area contributed by atoms with Crippen molar-refractivity contribution in [1.29, 1.82) is 0 Å². The second-order valence-corrected chi connectivity index (χ2v) is 8.51. The summed E-state index contributed by atoms with van der Waals surface area (Å²) in [5.74, 6) is 0. The quantitative estimate of drug-likeness (QED) is 0.267. The molecule has 2 heteroatoms. The van der Waals surface area contributed by atoms with Crippen molar-refractivity contribution in [3.63, 3.8) is 0 Å². The van der Waals surface area contributed by atoms with E-state index in [0.717, 1.165) is 0 Å². The number of hydrogen-bond acceptors (Lipinski definition) is 2. The lowest BCUT2D eigenvalue weighted by Gasteiger charge is -2.34. The molecule has 0 radical (unpaired) electrons. The van der Waals surface area contributed by atoms with Gasteiger partial charge in [-0.3, -0.25) is 0 Å². The fourth-order valence-corrected chi connectivity index (χ4v) is 5.60. The van der Waals surface area contributed by atoms with Crippen molar-refractivity contribution >= 4 is 56.4 Å². The average molecular weight is 402 g/mol. The summed E-state index contributed by atoms with van der Waals surface area (Å²) >= 11 is 1.84. The van der Waals surface area contributed by atoms with Crippen LogP contribution in [0.2, 0.25) is 0 Å². The number of rotatable bonds is 2. The van der Waals surface area contributed by atoms with Gasteiger partial charge < -0.3 is 4.90 Å². The van der Waals surface area contributed by atoms with Gasteiger partial charge in [-0.15, -0.1) is 0 Å². The van der Waals surface area contributed by atoms with Crippen LogP contribution >= 0.6 is 11.8 Å². The zero-order valence-electron chi connectivity index (χ0n) is 16.4. The third-order valence-corrected chi connectivity index (χ3v) is 6.93. The van der Waals surface area contributed by atoms with E-state index in [0.29, 0.717) is 0 Å². The Morgan fingerprint density at radius 3 is 1.50 bits per heavy atom. The van der Waals surface area contributed by atoms with Crippen molar-refractivity contribution in [3.05, 3.63) is 109 Å². The second-order valence-electron chi connectivity index (χ2n) is 7.43. The molecule has 0 N–H and O–H groups in total. The normalized spacial score (nSPS) is 12.6. The molecule has 0 spiro atoms. The number of nitrogens with zero attached hydrogens (tertiary/aromatic N) is 1. The Kier molecular flexibility index (Phi) is 3.93. The molecule has 1 aliphatic rings. The van der Waals surface area contributed by atoms with Gasteiger partial charge in [0.2, 0.25) is 0 Å². The molecule has 0 unspecified atom stereocenters. The van der Waals surface area contributed by atoms with Crippen LogP contribution in [-0.2, 0) is 0 Å². The van der Waals surface area contributed by atoms with Crippen LogP contribution in [0.1, 0.15) is 5.56 Å². The predicted molar refractivity (Wildman–Crippen MR) is 130 cm³/mol. The number of benzene rings is 5. The highest BCUT2D eigenvalue weighted by molar-refractivity contribution is 7.99. The van der Waals surface area contributed by atoms with Crippen LogP contribution in [0.4, 0.5) is 17.1 Å². The molecular formula is C28H19NS. The molecule has 0 saturated heterocycles. The van der Waals surface area contributed by atoms with Crippen molar-refractivity contribution in [1.82, 2.24) is 0 Å². The molecule has 1 heterocycles. The number of anilines is 3. The maximum atomic E-state index is 4.13. The molecule has 142 valence electrons. The van der Waals surface area contributed by atoms with Crippen molar-refractivity contribution in [2.45, 2.75) is 9.79 Å². The summed E-state index contributed by atoms with van der Waals surface area (Å²) in [5, 5.41) is 4.94. The van der Waals surface area contributed by atoms with Crippen LogP contribution in [0, 0.1) is 0 Å². The van der Waals surface area contributed by atoms with Crippen LogP contribution in [-0.4, -0.2) is 0 Å². The van der Waals surface area contributed by atoms with E-state index < -0.39 is 0 Å². The van der Waals surface area contributed by atoms with Gasteiger partial charge in [0.05, 0.1) is 17.1 Å². The van der Waals surface area contributed by atoms with Gasteiger partial charge in [0.1, 0.15) is 0 Å². The lowest BCUT2D eigenvalue weighted by molar-refractivity contribution is 1.18. The van der Waals surface area contributed by atoms with Crippen LogP contribution in [0.25, 0.3) is 27.6 Å². The van der Waals surface area contributed by atoms with Gasteiger partial charge in [-0.05, 0) is 40.6 Å². The van der Waals surface area contributed by atoms with E-state index in [4.69, 9.17) is 0 Å². The first-order valence-electron chi connectivity index (χ1n) is 10.1. The third kappa shape index (κ3) is 2.44. The fraction of sp³-hybridized carbons (Fsp3) is 0. The number of fused-ring (bicyclic) bond motifs is 4. The standard InChI is InChI=1S/C28H19NS/c1-2-19-20-11-3-5-13-22(20)28(23-14-6-4-12-21(19)23)29-24-15-7-9-17-26(24)30-27-18-10-8-16-25(27)29/h2-18H,1H2. The van der Waals surface area contributed by atoms with Crippen LogP contribution in [0.15, 0.2) is 113 Å². The summed E-state index contributed by atoms with van der Waals surface area (Å²) in [5.41, 5.74) is 4.87. The lowest BCUT2D eigenvalue weighted by atomic mass is 9.93. The molecule has 6 rings (SSSR count). The van der Waals surface area contributed by atoms with Crippen molar-refractivity contribution in [3.8, 4) is 0 Å². The van der Waals surface area contributed by atoms with Gasteiger partial charge in [-0.1, -0.05) is 97.2 Å². The number of hydrogen-bond donors (Lipinski definition) is 0. The molecule has 0 bridgehead atoms. The third-order valence-electron chi connectivity index (χ3n) is 5.80. The van der Waals surface area contributed by atoms with Gasteiger partial charge in [-0.2, -0.15) is 0 Å². The van der Waals surface area contributed by atoms with Crippen LogP contribution < -0.4 is 4.90 Å². The minimum atomic E-state index is 1.19. The minimum Gasteiger partial charge on any atom is -0.307 e. The molecule has 0 saturated carbocycles. The summed E-state index contributed by atoms with van der Waals surface area (Å²) in [7, 11) is 0. The Bertz CT molecular complexity index is 1350. The topological polar surface area (TPSA) is 3.24 Å². The first-order chi connectivity index (χ1) is 14.9. The van der Waals surface area contributed by atoms with Gasteiger partial charge in [-0.25, -0.2) is 0 Å². The van der Waals surface area contributed by atoms with Gasteiger partial charge in [0, 0.05) is 20.6 Å². The van der Waals surface area contributed by atoms with E-state index in [1.807, 2.05) is 17.8 Å². The van der Waals surface area contributed by atoms with Crippen molar-refractivity contribution < 1.29 is 0 Å². The maximum Gasteiger partial charge on any atom is 0.0619 e. The van der Waals surface area contributed by atoms with E-state index in [1.165, 1.54) is 54.0 Å². The van der Waals surface area contributed by atoms with Crippen LogP contribution in [0.5, 0.6) is 0 Å². The molecule has 1 aliphatic heterocycles. The Morgan fingerprint density at radius 1 is 0.567 bits per heavy atom.